The normalized spacial score (nSPS) is 11.9. The Balaban J connectivity index is 1.51. The van der Waals surface area contributed by atoms with Gasteiger partial charge in [0, 0.05) is 12.0 Å². The highest BCUT2D eigenvalue weighted by atomic mass is 19.4. The number of hydrogen-bond acceptors (Lipinski definition) is 5. The smallest absolute Gasteiger partial charge is 0.416 e. The van der Waals surface area contributed by atoms with Gasteiger partial charge >= 0.3 is 18.1 Å². The number of esters is 1. The summed E-state index contributed by atoms with van der Waals surface area (Å²) in [5.74, 6) is -1.80. The molecular weight excluding hydrogens is 539 g/mol. The van der Waals surface area contributed by atoms with Crippen molar-refractivity contribution < 1.29 is 42.1 Å². The highest BCUT2D eigenvalue weighted by Crippen LogP contribution is 2.29. The van der Waals surface area contributed by atoms with E-state index in [1.165, 1.54) is 31.4 Å². The second kappa shape index (κ2) is 14.9. The number of benzene rings is 3. The lowest BCUT2D eigenvalue weighted by atomic mass is 10.0. The van der Waals surface area contributed by atoms with Crippen molar-refractivity contribution in [2.75, 3.05) is 6.61 Å². The van der Waals surface area contributed by atoms with Crippen molar-refractivity contribution in [1.29, 1.82) is 0 Å². The average Bonchev–Trinajstić information content (AvgIpc) is 2.95. The Morgan fingerprint density at radius 3 is 1.98 bits per heavy atom. The number of aliphatic carboxylic acids is 1. The van der Waals surface area contributed by atoms with Gasteiger partial charge in [-0.2, -0.15) is 13.2 Å². The predicted molar refractivity (Wildman–Crippen MR) is 146 cm³/mol. The first-order valence-corrected chi connectivity index (χ1v) is 13.3. The van der Waals surface area contributed by atoms with Gasteiger partial charge in [0.2, 0.25) is 0 Å². The second-order valence-electron chi connectivity index (χ2n) is 9.46. The van der Waals surface area contributed by atoms with Crippen LogP contribution in [-0.4, -0.2) is 35.6 Å². The van der Waals surface area contributed by atoms with Gasteiger partial charge in [0.25, 0.3) is 5.91 Å². The number of halogens is 3. The van der Waals surface area contributed by atoms with E-state index in [1.807, 2.05) is 0 Å². The van der Waals surface area contributed by atoms with Crippen LogP contribution in [0.5, 0.6) is 11.5 Å². The number of unbranched alkanes of at least 4 members (excludes halogenated alkanes) is 4. The maximum atomic E-state index is 12.7. The van der Waals surface area contributed by atoms with Crippen molar-refractivity contribution >= 4 is 17.8 Å². The molecule has 218 valence electrons. The first-order valence-electron chi connectivity index (χ1n) is 13.3. The molecule has 10 heteroatoms. The maximum Gasteiger partial charge on any atom is 0.416 e. The number of rotatable bonds is 14. The second-order valence-corrected chi connectivity index (χ2v) is 9.46. The zero-order chi connectivity index (χ0) is 29.8. The average molecular weight is 572 g/mol. The summed E-state index contributed by atoms with van der Waals surface area (Å²) in [7, 11) is 0. The van der Waals surface area contributed by atoms with Crippen LogP contribution in [0.15, 0.2) is 72.8 Å². The number of hydrogen-bond donors (Lipinski definition) is 2. The summed E-state index contributed by atoms with van der Waals surface area (Å²) >= 11 is 0. The van der Waals surface area contributed by atoms with Crippen LogP contribution in [-0.2, 0) is 17.4 Å². The number of carboxylic acid groups (broad SMARTS) is 1. The van der Waals surface area contributed by atoms with Gasteiger partial charge in [0.05, 0.1) is 17.7 Å². The third-order valence-corrected chi connectivity index (χ3v) is 6.26. The third kappa shape index (κ3) is 9.97. The van der Waals surface area contributed by atoms with Crippen LogP contribution in [0.4, 0.5) is 13.2 Å². The van der Waals surface area contributed by atoms with Crippen LogP contribution in [0.25, 0.3) is 0 Å². The molecule has 7 nitrogen and oxygen atoms in total. The minimum atomic E-state index is -4.55. The highest BCUT2D eigenvalue weighted by Gasteiger charge is 2.30. The molecule has 0 radical (unpaired) electrons. The number of carboxylic acids is 1. The Morgan fingerprint density at radius 1 is 0.805 bits per heavy atom. The number of carbonyl (C=O) groups excluding carboxylic acids is 2. The molecule has 3 aromatic rings. The molecule has 0 fully saturated rings. The van der Waals surface area contributed by atoms with E-state index in [0.717, 1.165) is 37.1 Å². The Hall–Kier alpha value is -4.34. The molecule has 0 saturated carbocycles. The van der Waals surface area contributed by atoms with Crippen LogP contribution >= 0.6 is 0 Å². The SMILES string of the molecule is CCCCCCCOc1ccc(C(=O)Oc2ccc(CC(NC(=O)c3ccc(C(F)(F)F)cc3)C(=O)O)cc2)cc1. The van der Waals surface area contributed by atoms with Crippen LogP contribution in [0.2, 0.25) is 0 Å². The van der Waals surface area contributed by atoms with E-state index in [2.05, 4.69) is 12.2 Å². The molecule has 1 unspecified atom stereocenters. The molecule has 0 heterocycles. The van der Waals surface area contributed by atoms with E-state index < -0.39 is 35.6 Å². The zero-order valence-corrected chi connectivity index (χ0v) is 22.6. The van der Waals surface area contributed by atoms with E-state index >= 15 is 0 Å². The third-order valence-electron chi connectivity index (χ3n) is 6.26. The summed E-state index contributed by atoms with van der Waals surface area (Å²) < 4.78 is 49.3. The lowest BCUT2D eigenvalue weighted by Gasteiger charge is -2.15. The van der Waals surface area contributed by atoms with E-state index in [1.54, 1.807) is 36.4 Å². The molecule has 41 heavy (non-hydrogen) atoms. The first kappa shape index (κ1) is 31.2. The van der Waals surface area contributed by atoms with Crippen molar-refractivity contribution in [1.82, 2.24) is 5.32 Å². The molecule has 1 atom stereocenters. The van der Waals surface area contributed by atoms with E-state index in [-0.39, 0.29) is 17.7 Å². The van der Waals surface area contributed by atoms with Gasteiger partial charge in [-0.1, -0.05) is 44.7 Å². The van der Waals surface area contributed by atoms with E-state index in [4.69, 9.17) is 9.47 Å². The lowest BCUT2D eigenvalue weighted by Crippen LogP contribution is -2.42. The number of ether oxygens (including phenoxy) is 2. The number of carbonyl (C=O) groups is 3. The van der Waals surface area contributed by atoms with Gasteiger partial charge in [0.15, 0.2) is 0 Å². The Kier molecular flexibility index (Phi) is 11.3. The molecule has 1 amide bonds. The maximum absolute atomic E-state index is 12.7. The largest absolute Gasteiger partial charge is 0.494 e. The monoisotopic (exact) mass is 571 g/mol. The minimum absolute atomic E-state index is 0.101. The molecule has 3 rings (SSSR count). The van der Waals surface area contributed by atoms with Crippen molar-refractivity contribution in [3.63, 3.8) is 0 Å². The molecular formula is C31H32F3NO6. The Morgan fingerprint density at radius 2 is 1.39 bits per heavy atom. The van der Waals surface area contributed by atoms with Gasteiger partial charge in [-0.3, -0.25) is 4.79 Å². The molecule has 0 bridgehead atoms. The summed E-state index contributed by atoms with van der Waals surface area (Å²) in [6.45, 7) is 2.78. The Bertz CT molecular complexity index is 1290. The molecule has 2 N–H and O–H groups in total. The van der Waals surface area contributed by atoms with E-state index in [9.17, 15) is 32.7 Å². The van der Waals surface area contributed by atoms with Gasteiger partial charge in [0.1, 0.15) is 17.5 Å². The fourth-order valence-electron chi connectivity index (χ4n) is 3.93. The fourth-order valence-corrected chi connectivity index (χ4v) is 3.93. The molecule has 0 saturated heterocycles. The number of alkyl halides is 3. The van der Waals surface area contributed by atoms with Crippen molar-refractivity contribution in [3.05, 3.63) is 95.1 Å². The van der Waals surface area contributed by atoms with Crippen molar-refractivity contribution in [2.24, 2.45) is 0 Å². The number of amides is 1. The standard InChI is InChI=1S/C31H32F3NO6/c1-2-3-4-5-6-19-40-25-17-11-23(12-18-25)30(39)41-26-15-7-21(8-16-26)20-27(29(37)38)35-28(36)22-9-13-24(14-10-22)31(32,33)34/h7-18,27H,2-6,19-20H2,1H3,(H,35,36)(H,37,38). The summed E-state index contributed by atoms with van der Waals surface area (Å²) in [6, 6.07) is 14.9. The summed E-state index contributed by atoms with van der Waals surface area (Å²) in [5, 5.41) is 11.9. The first-order chi connectivity index (χ1) is 19.6. The zero-order valence-electron chi connectivity index (χ0n) is 22.6. The molecule has 0 spiro atoms. The topological polar surface area (TPSA) is 102 Å². The van der Waals surface area contributed by atoms with Gasteiger partial charge in [-0.15, -0.1) is 0 Å². The van der Waals surface area contributed by atoms with Crippen LogP contribution < -0.4 is 14.8 Å². The molecule has 0 aliphatic heterocycles. The lowest BCUT2D eigenvalue weighted by molar-refractivity contribution is -0.139. The van der Waals surface area contributed by atoms with Crippen molar-refractivity contribution in [3.8, 4) is 11.5 Å². The molecule has 3 aromatic carbocycles. The van der Waals surface area contributed by atoms with Crippen LogP contribution in [0.3, 0.4) is 0 Å². The van der Waals surface area contributed by atoms with E-state index in [0.29, 0.717) is 23.5 Å². The van der Waals surface area contributed by atoms with Crippen LogP contribution in [0, 0.1) is 0 Å². The van der Waals surface area contributed by atoms with Crippen molar-refractivity contribution in [2.45, 2.75) is 57.7 Å². The van der Waals surface area contributed by atoms with Gasteiger partial charge in [-0.25, -0.2) is 9.59 Å². The highest BCUT2D eigenvalue weighted by molar-refractivity contribution is 5.96. The number of nitrogens with one attached hydrogen (secondary N) is 1. The minimum Gasteiger partial charge on any atom is -0.494 e. The molecule has 0 aliphatic carbocycles. The molecule has 0 aromatic heterocycles. The molecule has 0 aliphatic rings. The fraction of sp³-hybridized carbons (Fsp3) is 0.323. The summed E-state index contributed by atoms with van der Waals surface area (Å²) in [5.41, 5.74) is -0.157. The Labute approximate surface area is 236 Å². The summed E-state index contributed by atoms with van der Waals surface area (Å²) in [4.78, 5) is 36.7. The predicted octanol–water partition coefficient (Wildman–Crippen LogP) is 6.70. The van der Waals surface area contributed by atoms with Gasteiger partial charge < -0.3 is 19.9 Å². The van der Waals surface area contributed by atoms with Gasteiger partial charge in [-0.05, 0) is 72.6 Å². The quantitative estimate of drug-likeness (QED) is 0.127. The summed E-state index contributed by atoms with van der Waals surface area (Å²) in [6.07, 6.45) is 1.03. The van der Waals surface area contributed by atoms with Crippen LogP contribution in [0.1, 0.15) is 70.9 Å².